The van der Waals surface area contributed by atoms with Crippen LogP contribution in [-0.4, -0.2) is 47.8 Å². The second-order valence-corrected chi connectivity index (χ2v) is 6.53. The Kier molecular flexibility index (Phi) is 2.30. The van der Waals surface area contributed by atoms with Gasteiger partial charge >= 0.3 is 0 Å². The van der Waals surface area contributed by atoms with Crippen molar-refractivity contribution in [3.63, 3.8) is 0 Å². The van der Waals surface area contributed by atoms with Crippen molar-refractivity contribution in [1.82, 2.24) is 4.90 Å². The third kappa shape index (κ3) is 1.66. The quantitative estimate of drug-likeness (QED) is 0.633. The summed E-state index contributed by atoms with van der Waals surface area (Å²) in [6.45, 7) is 0. The lowest BCUT2D eigenvalue weighted by atomic mass is 10.2. The predicted molar refractivity (Wildman–Crippen MR) is 51.8 cm³/mol. The Morgan fingerprint density at radius 1 is 1.36 bits per heavy atom. The van der Waals surface area contributed by atoms with Crippen molar-refractivity contribution >= 4 is 32.7 Å². The molecular weight excluding hydrogens is 226 g/mol. The number of nitrogens with zero attached hydrogens (tertiary/aromatic N) is 1. The molecule has 2 fully saturated rings. The predicted octanol–water partition coefficient (Wildman–Crippen LogP) is -0.131. The van der Waals surface area contributed by atoms with E-state index in [9.17, 15) is 18.0 Å². The molecule has 7 heteroatoms. The second-order valence-electron chi connectivity index (χ2n) is 3.38. The first-order chi connectivity index (χ1) is 6.49. The summed E-state index contributed by atoms with van der Waals surface area (Å²) in [6, 6.07) is -0.421. The van der Waals surface area contributed by atoms with Crippen LogP contribution in [0.1, 0.15) is 6.42 Å². The fraction of sp³-hybridized carbons (Fsp3) is 0.714. The molecule has 0 saturated carbocycles. The van der Waals surface area contributed by atoms with Crippen molar-refractivity contribution in [3.05, 3.63) is 0 Å². The first-order valence-electron chi connectivity index (χ1n) is 4.19. The molecule has 1 unspecified atom stereocenters. The Balaban J connectivity index is 2.17. The lowest BCUT2D eigenvalue weighted by Gasteiger charge is -2.18. The van der Waals surface area contributed by atoms with E-state index < -0.39 is 15.9 Å². The Labute approximate surface area is 85.7 Å². The lowest BCUT2D eigenvalue weighted by molar-refractivity contribution is -0.125. The van der Waals surface area contributed by atoms with Crippen LogP contribution in [0.15, 0.2) is 0 Å². The molecule has 2 saturated heterocycles. The van der Waals surface area contributed by atoms with Crippen molar-refractivity contribution in [2.24, 2.45) is 0 Å². The van der Waals surface area contributed by atoms with Gasteiger partial charge in [-0.2, -0.15) is 0 Å². The fourth-order valence-electron chi connectivity index (χ4n) is 1.70. The van der Waals surface area contributed by atoms with Gasteiger partial charge in [-0.25, -0.2) is 8.42 Å². The van der Waals surface area contributed by atoms with Crippen LogP contribution in [0.2, 0.25) is 0 Å². The zero-order valence-corrected chi connectivity index (χ0v) is 8.94. The van der Waals surface area contributed by atoms with E-state index in [2.05, 4.69) is 0 Å². The van der Waals surface area contributed by atoms with Gasteiger partial charge in [0.05, 0.1) is 23.3 Å². The van der Waals surface area contributed by atoms with Crippen molar-refractivity contribution in [3.8, 4) is 0 Å². The van der Waals surface area contributed by atoms with Gasteiger partial charge in [0, 0.05) is 0 Å². The van der Waals surface area contributed by atoms with E-state index in [0.717, 1.165) is 16.7 Å². The first-order valence-corrected chi connectivity index (χ1v) is 6.99. The lowest BCUT2D eigenvalue weighted by Crippen LogP contribution is -2.39. The summed E-state index contributed by atoms with van der Waals surface area (Å²) >= 11 is 0.943. The summed E-state index contributed by atoms with van der Waals surface area (Å²) in [5.74, 6) is -0.0955. The van der Waals surface area contributed by atoms with E-state index in [1.54, 1.807) is 0 Å². The number of carbonyl (C=O) groups excluding carboxylic acids is 2. The number of hydrogen-bond donors (Lipinski definition) is 0. The van der Waals surface area contributed by atoms with Crippen molar-refractivity contribution < 1.29 is 18.0 Å². The van der Waals surface area contributed by atoms with Gasteiger partial charge in [-0.15, -0.1) is 0 Å². The van der Waals surface area contributed by atoms with Crippen LogP contribution in [0.5, 0.6) is 0 Å². The summed E-state index contributed by atoms with van der Waals surface area (Å²) in [5.41, 5.74) is 0. The van der Waals surface area contributed by atoms with Gasteiger partial charge in [-0.1, -0.05) is 11.8 Å². The average molecular weight is 235 g/mol. The highest BCUT2D eigenvalue weighted by Gasteiger charge is 2.41. The van der Waals surface area contributed by atoms with Crippen LogP contribution in [0.3, 0.4) is 0 Å². The summed E-state index contributed by atoms with van der Waals surface area (Å²) in [6.07, 6.45) is 0.389. The molecule has 0 aromatic carbocycles. The minimum atomic E-state index is -3.04. The average Bonchev–Trinajstić information content (AvgIpc) is 2.56. The number of imide groups is 1. The summed E-state index contributed by atoms with van der Waals surface area (Å²) < 4.78 is 22.3. The summed E-state index contributed by atoms with van der Waals surface area (Å²) in [4.78, 5) is 23.6. The number of carbonyl (C=O) groups is 2. The normalized spacial score (nSPS) is 31.4. The SMILES string of the molecule is O=C1CSC(=O)N1C1CCS(=O)(=O)C1. The molecule has 2 amide bonds. The Morgan fingerprint density at radius 2 is 2.07 bits per heavy atom. The maximum atomic E-state index is 11.3. The van der Waals surface area contributed by atoms with E-state index in [-0.39, 0.29) is 28.4 Å². The highest BCUT2D eigenvalue weighted by Crippen LogP contribution is 2.26. The molecule has 14 heavy (non-hydrogen) atoms. The largest absolute Gasteiger partial charge is 0.289 e. The molecule has 0 N–H and O–H groups in total. The number of amides is 2. The molecule has 1 atom stereocenters. The minimum absolute atomic E-state index is 0.0644. The van der Waals surface area contributed by atoms with Gasteiger partial charge in [0.25, 0.3) is 5.24 Å². The van der Waals surface area contributed by atoms with Crippen molar-refractivity contribution in [2.45, 2.75) is 12.5 Å². The molecule has 2 aliphatic heterocycles. The smallest absolute Gasteiger partial charge is 0.273 e. The summed E-state index contributed by atoms with van der Waals surface area (Å²) in [7, 11) is -3.04. The molecule has 2 rings (SSSR count). The third-order valence-corrected chi connectivity index (χ3v) is 4.94. The zero-order chi connectivity index (χ0) is 10.3. The Hall–Kier alpha value is -0.560. The number of thioether (sulfide) groups is 1. The monoisotopic (exact) mass is 235 g/mol. The maximum absolute atomic E-state index is 11.3. The van der Waals surface area contributed by atoms with Crippen molar-refractivity contribution in [1.29, 1.82) is 0 Å². The topological polar surface area (TPSA) is 71.5 Å². The van der Waals surface area contributed by atoms with Gasteiger partial charge < -0.3 is 0 Å². The van der Waals surface area contributed by atoms with E-state index in [0.29, 0.717) is 6.42 Å². The van der Waals surface area contributed by atoms with Gasteiger partial charge in [0.2, 0.25) is 5.91 Å². The van der Waals surface area contributed by atoms with Gasteiger partial charge in [-0.05, 0) is 6.42 Å². The van der Waals surface area contributed by atoms with E-state index in [4.69, 9.17) is 0 Å². The fourth-order valence-corrected chi connectivity index (χ4v) is 4.17. The van der Waals surface area contributed by atoms with Crippen LogP contribution < -0.4 is 0 Å². The van der Waals surface area contributed by atoms with Crippen LogP contribution in [0.25, 0.3) is 0 Å². The Bertz CT molecular complexity index is 372. The molecule has 0 bridgehead atoms. The number of sulfone groups is 1. The van der Waals surface area contributed by atoms with Crippen LogP contribution in [0, 0.1) is 0 Å². The van der Waals surface area contributed by atoms with E-state index in [1.165, 1.54) is 0 Å². The Morgan fingerprint density at radius 3 is 2.50 bits per heavy atom. The highest BCUT2D eigenvalue weighted by molar-refractivity contribution is 8.14. The molecule has 0 aliphatic carbocycles. The van der Waals surface area contributed by atoms with Gasteiger partial charge in [0.15, 0.2) is 9.84 Å². The maximum Gasteiger partial charge on any atom is 0.289 e. The van der Waals surface area contributed by atoms with Gasteiger partial charge in [0.1, 0.15) is 0 Å². The van der Waals surface area contributed by atoms with Crippen LogP contribution >= 0.6 is 11.8 Å². The second kappa shape index (κ2) is 3.23. The van der Waals surface area contributed by atoms with Crippen LogP contribution in [0.4, 0.5) is 4.79 Å². The minimum Gasteiger partial charge on any atom is -0.273 e. The number of hydrogen-bond acceptors (Lipinski definition) is 5. The standard InChI is InChI=1S/C7H9NO4S2/c9-6-3-13-7(10)8(6)5-1-2-14(11,12)4-5/h5H,1-4H2. The molecule has 0 aromatic rings. The molecule has 2 aliphatic rings. The molecule has 0 aromatic heterocycles. The highest BCUT2D eigenvalue weighted by atomic mass is 32.2. The molecule has 5 nitrogen and oxygen atoms in total. The van der Waals surface area contributed by atoms with E-state index in [1.807, 2.05) is 0 Å². The zero-order valence-electron chi connectivity index (χ0n) is 7.30. The molecule has 2 heterocycles. The number of rotatable bonds is 1. The third-order valence-electron chi connectivity index (χ3n) is 2.36. The summed E-state index contributed by atoms with van der Waals surface area (Å²) in [5, 5.41) is -0.308. The first kappa shape index (κ1) is 9.97. The molecule has 0 spiro atoms. The molecule has 78 valence electrons. The molecule has 0 radical (unpaired) electrons. The van der Waals surface area contributed by atoms with Crippen LogP contribution in [-0.2, 0) is 14.6 Å². The van der Waals surface area contributed by atoms with Crippen molar-refractivity contribution in [2.75, 3.05) is 17.3 Å². The molecular formula is C7H9NO4S2. The van der Waals surface area contributed by atoms with Gasteiger partial charge in [-0.3, -0.25) is 14.5 Å². The van der Waals surface area contributed by atoms with E-state index >= 15 is 0 Å².